The van der Waals surface area contributed by atoms with E-state index in [4.69, 9.17) is 0 Å². The first-order chi connectivity index (χ1) is 3.93. The van der Waals surface area contributed by atoms with Crippen LogP contribution in [-0.4, -0.2) is 12.5 Å². The van der Waals surface area contributed by atoms with Crippen LogP contribution < -0.4 is 0 Å². The predicted octanol–water partition coefficient (Wildman–Crippen LogP) is 2.55. The zero-order valence-corrected chi connectivity index (χ0v) is 6.32. The molecule has 0 aromatic rings. The molecule has 1 heteroatoms. The van der Waals surface area contributed by atoms with E-state index in [-0.39, 0.29) is 0 Å². The van der Waals surface area contributed by atoms with Gasteiger partial charge in [-0.15, -0.1) is 8.20 Å². The van der Waals surface area contributed by atoms with Crippen LogP contribution in [0.5, 0.6) is 0 Å². The van der Waals surface area contributed by atoms with Crippen molar-refractivity contribution in [2.75, 3.05) is 6.66 Å². The third-order valence-corrected chi connectivity index (χ3v) is 2.48. The molecule has 8 heavy (non-hydrogen) atoms. The summed E-state index contributed by atoms with van der Waals surface area (Å²) >= 11 is 0. The Balaban J connectivity index is 2.24. The van der Waals surface area contributed by atoms with Gasteiger partial charge in [0.25, 0.3) is 0 Å². The normalized spacial score (nSPS) is 23.1. The van der Waals surface area contributed by atoms with Gasteiger partial charge in [0.2, 0.25) is 0 Å². The van der Waals surface area contributed by atoms with Crippen LogP contribution in [-0.2, 0) is 0 Å². The lowest BCUT2D eigenvalue weighted by atomic mass is 10.1. The molecule has 0 N–H and O–H groups in total. The van der Waals surface area contributed by atoms with Crippen molar-refractivity contribution in [1.29, 1.82) is 0 Å². The summed E-state index contributed by atoms with van der Waals surface area (Å²) in [5.74, 6) is 3.41. The van der Waals surface area contributed by atoms with Crippen LogP contribution in [0.25, 0.3) is 0 Å². The minimum Gasteiger partial charge on any atom is -0.112 e. The van der Waals surface area contributed by atoms with Gasteiger partial charge in [0, 0.05) is 0 Å². The van der Waals surface area contributed by atoms with Crippen molar-refractivity contribution in [3.05, 3.63) is 0 Å². The maximum Gasteiger partial charge on any atom is -0.0190 e. The molecule has 0 saturated heterocycles. The summed E-state index contributed by atoms with van der Waals surface area (Å²) in [6, 6.07) is 0. The molecule has 0 radical (unpaired) electrons. The minimum absolute atomic E-state index is 0.974. The predicted molar refractivity (Wildman–Crippen MR) is 40.9 cm³/mol. The second-order valence-electron chi connectivity index (χ2n) is 2.45. The van der Waals surface area contributed by atoms with E-state index in [9.17, 15) is 0 Å². The van der Waals surface area contributed by atoms with Gasteiger partial charge in [0.1, 0.15) is 0 Å². The van der Waals surface area contributed by atoms with Gasteiger partial charge in [0.15, 0.2) is 0 Å². The van der Waals surface area contributed by atoms with E-state index in [0.717, 1.165) is 5.92 Å². The molecule has 0 aromatic carbocycles. The molecule has 0 aromatic heterocycles. The molecule has 0 nitrogen and oxygen atoms in total. The largest absolute Gasteiger partial charge is 0.112 e. The fourth-order valence-corrected chi connectivity index (χ4v) is 2.04. The van der Waals surface area contributed by atoms with Gasteiger partial charge in [-0.3, -0.25) is 0 Å². The molecular weight excluding hydrogens is 115 g/mol. The van der Waals surface area contributed by atoms with Crippen molar-refractivity contribution in [1.82, 2.24) is 0 Å². The zero-order chi connectivity index (χ0) is 5.82. The molecule has 0 heterocycles. The van der Waals surface area contributed by atoms with Gasteiger partial charge < -0.3 is 0 Å². The Hall–Kier alpha value is 0.170. The van der Waals surface area contributed by atoms with Crippen LogP contribution in [0.3, 0.4) is 0 Å². The van der Waals surface area contributed by atoms with E-state index in [1.54, 1.807) is 0 Å². The quantitative estimate of drug-likeness (QED) is 0.476. The van der Waals surface area contributed by atoms with Crippen LogP contribution in [0.2, 0.25) is 0 Å². The average molecular weight is 128 g/mol. The smallest absolute Gasteiger partial charge is 0.0190 e. The fraction of sp³-hybridized carbons (Fsp3) is 0.857. The van der Waals surface area contributed by atoms with Crippen LogP contribution in [0.4, 0.5) is 0 Å². The average Bonchev–Trinajstić information content (AvgIpc) is 2.19. The highest BCUT2D eigenvalue weighted by atomic mass is 31.1. The van der Waals surface area contributed by atoms with Crippen molar-refractivity contribution >= 4 is 14.0 Å². The van der Waals surface area contributed by atoms with Gasteiger partial charge in [-0.05, 0) is 25.4 Å². The fourth-order valence-electron chi connectivity index (χ4n) is 1.32. The lowest BCUT2D eigenvalue weighted by Crippen LogP contribution is -1.89. The van der Waals surface area contributed by atoms with E-state index in [2.05, 4.69) is 12.5 Å². The molecule has 0 unspecified atom stereocenters. The van der Waals surface area contributed by atoms with E-state index < -0.39 is 0 Å². The molecule has 0 amide bonds. The number of hydrogen-bond donors (Lipinski definition) is 0. The third-order valence-electron chi connectivity index (χ3n) is 1.76. The minimum atomic E-state index is 0.974. The van der Waals surface area contributed by atoms with Gasteiger partial charge >= 0.3 is 0 Å². The monoisotopic (exact) mass is 128 g/mol. The number of rotatable bonds is 1. The van der Waals surface area contributed by atoms with Gasteiger partial charge in [0.05, 0.1) is 0 Å². The summed E-state index contributed by atoms with van der Waals surface area (Å²) in [5, 5.41) is 0. The van der Waals surface area contributed by atoms with Crippen molar-refractivity contribution in [2.24, 2.45) is 5.92 Å². The topological polar surface area (TPSA) is 0 Å². The van der Waals surface area contributed by atoms with Crippen LogP contribution in [0.15, 0.2) is 0 Å². The summed E-state index contributed by atoms with van der Waals surface area (Å²) in [6.07, 6.45) is 5.86. The van der Waals surface area contributed by atoms with E-state index >= 15 is 0 Å². The molecule has 1 rings (SSSR count). The Labute approximate surface area is 53.1 Å². The molecule has 0 aliphatic heterocycles. The number of hydrogen-bond acceptors (Lipinski definition) is 0. The summed E-state index contributed by atoms with van der Waals surface area (Å²) in [7, 11) is 1.47. The highest BCUT2D eigenvalue weighted by Crippen LogP contribution is 2.23. The Bertz CT molecular complexity index is 80.4. The van der Waals surface area contributed by atoms with Gasteiger partial charge in [-0.1, -0.05) is 18.6 Å². The summed E-state index contributed by atoms with van der Waals surface area (Å²) in [6.45, 7) is 2.21. The molecular formula is C7H13P. The second-order valence-corrected chi connectivity index (χ2v) is 3.27. The van der Waals surface area contributed by atoms with Crippen molar-refractivity contribution in [2.45, 2.75) is 25.7 Å². The first-order valence-electron chi connectivity index (χ1n) is 3.36. The summed E-state index contributed by atoms with van der Waals surface area (Å²) in [5.41, 5.74) is 0. The van der Waals surface area contributed by atoms with Gasteiger partial charge in [-0.25, -0.2) is 0 Å². The molecule has 1 aliphatic rings. The molecule has 1 aliphatic carbocycles. The second kappa shape index (κ2) is 3.25. The Morgan fingerprint density at radius 1 is 1.38 bits per heavy atom. The molecule has 0 atom stereocenters. The maximum atomic E-state index is 2.44. The van der Waals surface area contributed by atoms with E-state index in [1.807, 2.05) is 0 Å². The molecule has 1 fully saturated rings. The first kappa shape index (κ1) is 6.29. The lowest BCUT2D eigenvalue weighted by Gasteiger charge is -1.95. The summed E-state index contributed by atoms with van der Waals surface area (Å²) in [4.78, 5) is 0. The Morgan fingerprint density at radius 3 is 2.50 bits per heavy atom. The van der Waals surface area contributed by atoms with E-state index in [0.29, 0.717) is 0 Å². The zero-order valence-electron chi connectivity index (χ0n) is 5.43. The van der Waals surface area contributed by atoms with Crippen LogP contribution in [0, 0.1) is 5.92 Å². The molecule has 46 valence electrons. The lowest BCUT2D eigenvalue weighted by molar-refractivity contribution is 0.753. The standard InChI is InChI=1S/C7H13P/c1-8-6-7-4-2-3-5-7/h6-7H,2-5H2,1H3. The van der Waals surface area contributed by atoms with Gasteiger partial charge in [-0.2, -0.15) is 0 Å². The highest BCUT2D eigenvalue weighted by Gasteiger charge is 2.10. The Kier molecular flexibility index (Phi) is 2.55. The van der Waals surface area contributed by atoms with Crippen molar-refractivity contribution in [3.63, 3.8) is 0 Å². The van der Waals surface area contributed by atoms with Crippen LogP contribution in [0.1, 0.15) is 25.7 Å². The van der Waals surface area contributed by atoms with Crippen molar-refractivity contribution < 1.29 is 0 Å². The third kappa shape index (κ3) is 1.59. The summed E-state index contributed by atoms with van der Waals surface area (Å²) < 4.78 is 0. The molecule has 0 spiro atoms. The Morgan fingerprint density at radius 2 is 2.00 bits per heavy atom. The molecule has 0 bridgehead atoms. The maximum absolute atomic E-state index is 2.44. The SMILES string of the molecule is CP=CC1CCCC1. The highest BCUT2D eigenvalue weighted by molar-refractivity contribution is 7.37. The van der Waals surface area contributed by atoms with Crippen LogP contribution >= 0.6 is 8.20 Å². The first-order valence-corrected chi connectivity index (χ1v) is 4.77. The van der Waals surface area contributed by atoms with E-state index in [1.165, 1.54) is 33.9 Å². The van der Waals surface area contributed by atoms with Crippen molar-refractivity contribution in [3.8, 4) is 0 Å². The molecule has 1 saturated carbocycles.